The molecule has 0 spiro atoms. The number of carbonyl (C=O) groups excluding carboxylic acids is 3. The topological polar surface area (TPSA) is 76.1 Å². The maximum Gasteiger partial charge on any atom is 0.410 e. The van der Waals surface area contributed by atoms with Gasteiger partial charge in [0.1, 0.15) is 24.8 Å². The van der Waals surface area contributed by atoms with Crippen LogP contribution in [0.4, 0.5) is 4.79 Å². The Kier molecular flexibility index (Phi) is 6.80. The molecule has 0 bridgehead atoms. The van der Waals surface area contributed by atoms with E-state index in [0.29, 0.717) is 12.8 Å². The summed E-state index contributed by atoms with van der Waals surface area (Å²) in [6.07, 6.45) is 5.24. The lowest BCUT2D eigenvalue weighted by atomic mass is 10.1. The summed E-state index contributed by atoms with van der Waals surface area (Å²) >= 11 is 0. The van der Waals surface area contributed by atoms with E-state index in [1.807, 2.05) is 63.3 Å². The highest BCUT2D eigenvalue weighted by Crippen LogP contribution is 2.29. The first-order valence-corrected chi connectivity index (χ1v) is 10.4. The van der Waals surface area contributed by atoms with Crippen molar-refractivity contribution in [2.45, 2.75) is 64.3 Å². The number of fused-ring (bicyclic) bond motifs is 1. The molecule has 1 fully saturated rings. The molecular formula is C23H30N2O5. The molecule has 7 nitrogen and oxygen atoms in total. The van der Waals surface area contributed by atoms with Crippen molar-refractivity contribution in [3.8, 4) is 0 Å². The zero-order chi connectivity index (χ0) is 21.7. The van der Waals surface area contributed by atoms with E-state index in [2.05, 4.69) is 0 Å². The van der Waals surface area contributed by atoms with Crippen LogP contribution in [0.15, 0.2) is 42.5 Å². The Morgan fingerprint density at radius 3 is 2.53 bits per heavy atom. The van der Waals surface area contributed by atoms with Gasteiger partial charge in [0.15, 0.2) is 0 Å². The third kappa shape index (κ3) is 5.62. The van der Waals surface area contributed by atoms with Crippen LogP contribution in [0.2, 0.25) is 0 Å². The molecular weight excluding hydrogens is 384 g/mol. The number of benzene rings is 1. The van der Waals surface area contributed by atoms with Crippen LogP contribution in [0, 0.1) is 0 Å². The van der Waals surface area contributed by atoms with Gasteiger partial charge in [-0.3, -0.25) is 9.69 Å². The average molecular weight is 415 g/mol. The number of hydrogen-bond donors (Lipinski definition) is 0. The van der Waals surface area contributed by atoms with Crippen LogP contribution >= 0.6 is 0 Å². The van der Waals surface area contributed by atoms with Gasteiger partial charge in [0.25, 0.3) is 0 Å². The van der Waals surface area contributed by atoms with Gasteiger partial charge in [0.05, 0.1) is 0 Å². The van der Waals surface area contributed by atoms with Crippen LogP contribution in [0.3, 0.4) is 0 Å². The van der Waals surface area contributed by atoms with Crippen LogP contribution in [-0.4, -0.2) is 58.5 Å². The van der Waals surface area contributed by atoms with Gasteiger partial charge in [-0.2, -0.15) is 0 Å². The Morgan fingerprint density at radius 1 is 1.10 bits per heavy atom. The van der Waals surface area contributed by atoms with E-state index >= 15 is 0 Å². The van der Waals surface area contributed by atoms with Crippen molar-refractivity contribution in [2.24, 2.45) is 0 Å². The SMILES string of the molecule is CC(C)(C)OC(=O)[C@@H]1CC[C@@H]2C/C=C\CN(C(=O)OCc3ccccc3)CC(=O)N21. The van der Waals surface area contributed by atoms with Crippen molar-refractivity contribution in [3.63, 3.8) is 0 Å². The second-order valence-electron chi connectivity index (χ2n) is 8.71. The van der Waals surface area contributed by atoms with Crippen LogP contribution in [0.5, 0.6) is 0 Å². The number of ether oxygens (including phenoxy) is 2. The predicted molar refractivity (Wildman–Crippen MR) is 111 cm³/mol. The van der Waals surface area contributed by atoms with E-state index in [0.717, 1.165) is 12.0 Å². The Morgan fingerprint density at radius 2 is 1.83 bits per heavy atom. The molecule has 0 unspecified atom stereocenters. The third-order valence-corrected chi connectivity index (χ3v) is 5.16. The van der Waals surface area contributed by atoms with Gasteiger partial charge < -0.3 is 14.4 Å². The molecule has 7 heteroatoms. The van der Waals surface area contributed by atoms with Gasteiger partial charge in [0, 0.05) is 12.6 Å². The maximum atomic E-state index is 13.1. The summed E-state index contributed by atoms with van der Waals surface area (Å²) in [5.41, 5.74) is 0.256. The highest BCUT2D eigenvalue weighted by Gasteiger charge is 2.43. The van der Waals surface area contributed by atoms with E-state index in [9.17, 15) is 14.4 Å². The van der Waals surface area contributed by atoms with Crippen molar-refractivity contribution in [3.05, 3.63) is 48.0 Å². The van der Waals surface area contributed by atoms with E-state index in [1.165, 1.54) is 4.90 Å². The lowest BCUT2D eigenvalue weighted by molar-refractivity contribution is -0.164. The zero-order valence-corrected chi connectivity index (χ0v) is 17.9. The summed E-state index contributed by atoms with van der Waals surface area (Å²) in [5, 5.41) is 0. The average Bonchev–Trinajstić information content (AvgIpc) is 3.13. The number of amides is 2. The van der Waals surface area contributed by atoms with Gasteiger partial charge in [-0.15, -0.1) is 0 Å². The van der Waals surface area contributed by atoms with Crippen LogP contribution in [-0.2, 0) is 25.7 Å². The van der Waals surface area contributed by atoms with Crippen molar-refractivity contribution < 1.29 is 23.9 Å². The first-order valence-electron chi connectivity index (χ1n) is 10.4. The van der Waals surface area contributed by atoms with Crippen LogP contribution < -0.4 is 0 Å². The van der Waals surface area contributed by atoms with Gasteiger partial charge >= 0.3 is 12.1 Å². The highest BCUT2D eigenvalue weighted by atomic mass is 16.6. The number of esters is 1. The molecule has 1 aromatic carbocycles. The smallest absolute Gasteiger partial charge is 0.410 e. The number of hydrogen-bond acceptors (Lipinski definition) is 5. The molecule has 0 N–H and O–H groups in total. The molecule has 3 rings (SSSR count). The van der Waals surface area contributed by atoms with Crippen LogP contribution in [0.1, 0.15) is 45.6 Å². The first kappa shape index (κ1) is 21.9. The minimum Gasteiger partial charge on any atom is -0.458 e. The Hall–Kier alpha value is -2.83. The number of nitrogens with zero attached hydrogens (tertiary/aromatic N) is 2. The number of carbonyl (C=O) groups is 3. The third-order valence-electron chi connectivity index (χ3n) is 5.16. The monoisotopic (exact) mass is 414 g/mol. The Labute approximate surface area is 177 Å². The molecule has 0 aromatic heterocycles. The quantitative estimate of drug-likeness (QED) is 0.560. The minimum absolute atomic E-state index is 0.0634. The fourth-order valence-corrected chi connectivity index (χ4v) is 3.81. The second kappa shape index (κ2) is 9.32. The molecule has 2 atom stereocenters. The Balaban J connectivity index is 1.68. The molecule has 1 saturated heterocycles. The molecule has 0 aliphatic carbocycles. The molecule has 0 radical (unpaired) electrons. The summed E-state index contributed by atoms with van der Waals surface area (Å²) in [6, 6.07) is 8.71. The predicted octanol–water partition coefficient (Wildman–Crippen LogP) is 3.29. The van der Waals surface area contributed by atoms with Gasteiger partial charge in [-0.1, -0.05) is 42.5 Å². The van der Waals surface area contributed by atoms with Gasteiger partial charge in [0.2, 0.25) is 5.91 Å². The summed E-state index contributed by atoms with van der Waals surface area (Å²) < 4.78 is 10.9. The second-order valence-corrected chi connectivity index (χ2v) is 8.71. The Bertz CT molecular complexity index is 800. The summed E-state index contributed by atoms with van der Waals surface area (Å²) in [7, 11) is 0. The van der Waals surface area contributed by atoms with E-state index in [-0.39, 0.29) is 37.6 Å². The normalized spacial score (nSPS) is 23.1. The fourth-order valence-electron chi connectivity index (χ4n) is 3.81. The zero-order valence-electron chi connectivity index (χ0n) is 17.9. The van der Waals surface area contributed by atoms with Crippen molar-refractivity contribution in [1.29, 1.82) is 0 Å². The summed E-state index contributed by atoms with van der Waals surface area (Å²) in [6.45, 7) is 5.73. The molecule has 1 aromatic rings. The largest absolute Gasteiger partial charge is 0.458 e. The minimum atomic E-state index is -0.620. The van der Waals surface area contributed by atoms with Crippen LogP contribution in [0.25, 0.3) is 0 Å². The van der Waals surface area contributed by atoms with E-state index in [4.69, 9.17) is 9.47 Å². The molecule has 30 heavy (non-hydrogen) atoms. The molecule has 162 valence electrons. The standard InChI is InChI=1S/C23H30N2O5/c1-23(2,3)30-21(27)19-13-12-18-11-7-8-14-24(15-20(26)25(18)19)22(28)29-16-17-9-5-4-6-10-17/h4-10,18-19H,11-16H2,1-3H3/b8-7-/t18-,19-/m0/s1. The number of rotatable bonds is 3. The van der Waals surface area contributed by atoms with E-state index in [1.54, 1.807) is 4.90 Å². The first-order chi connectivity index (χ1) is 14.2. The lowest BCUT2D eigenvalue weighted by Crippen LogP contribution is -2.50. The summed E-state index contributed by atoms with van der Waals surface area (Å²) in [5.74, 6) is -0.645. The maximum absolute atomic E-state index is 13.1. The molecule has 2 aliphatic heterocycles. The lowest BCUT2D eigenvalue weighted by Gasteiger charge is -2.32. The molecule has 2 amide bonds. The van der Waals surface area contributed by atoms with E-state index < -0.39 is 17.7 Å². The van der Waals surface area contributed by atoms with Crippen molar-refractivity contribution in [1.82, 2.24) is 9.80 Å². The van der Waals surface area contributed by atoms with Crippen molar-refractivity contribution >= 4 is 18.0 Å². The fraction of sp³-hybridized carbons (Fsp3) is 0.522. The van der Waals surface area contributed by atoms with Gasteiger partial charge in [-0.05, 0) is 45.6 Å². The van der Waals surface area contributed by atoms with Gasteiger partial charge in [-0.25, -0.2) is 9.59 Å². The molecule has 2 aliphatic rings. The highest BCUT2D eigenvalue weighted by molar-refractivity contribution is 5.88. The summed E-state index contributed by atoms with van der Waals surface area (Å²) in [4.78, 5) is 41.4. The van der Waals surface area contributed by atoms with Crippen molar-refractivity contribution in [2.75, 3.05) is 13.1 Å². The molecule has 0 saturated carbocycles. The molecule has 2 heterocycles.